The molecule has 2 atom stereocenters. The fraction of sp³-hybridized carbons (Fsp3) is 0.857. The van der Waals surface area contributed by atoms with Crippen LogP contribution in [0.4, 0.5) is 0 Å². The number of hydrogen-bond acceptors (Lipinski definition) is 2. The van der Waals surface area contributed by atoms with Crippen molar-refractivity contribution in [2.45, 2.75) is 12.5 Å². The van der Waals surface area contributed by atoms with Gasteiger partial charge in [-0.3, -0.25) is 4.79 Å². The van der Waals surface area contributed by atoms with Crippen LogP contribution in [0.2, 0.25) is 0 Å². The summed E-state index contributed by atoms with van der Waals surface area (Å²) in [4.78, 5) is 12.3. The lowest BCUT2D eigenvalue weighted by Crippen LogP contribution is -2.31. The number of nitrogens with zero attached hydrogens (tertiary/aromatic N) is 1. The molecule has 2 unspecified atom stereocenters. The summed E-state index contributed by atoms with van der Waals surface area (Å²) in [6.07, 6.45) is 2.07. The molecule has 0 radical (unpaired) electrons. The van der Waals surface area contributed by atoms with Gasteiger partial charge in [0.2, 0.25) is 6.41 Å². The number of hydrogen-bond donors (Lipinski definition) is 0. The number of fused-ring (bicyclic) bond motifs is 1. The van der Waals surface area contributed by atoms with Crippen LogP contribution in [0.1, 0.15) is 6.42 Å². The summed E-state index contributed by atoms with van der Waals surface area (Å²) in [7, 11) is 0. The predicted octanol–water partition coefficient (Wildman–Crippen LogP) is -0.137. The van der Waals surface area contributed by atoms with E-state index in [0.29, 0.717) is 12.0 Å². The van der Waals surface area contributed by atoms with Gasteiger partial charge >= 0.3 is 0 Å². The Kier molecular flexibility index (Phi) is 1.38. The Morgan fingerprint density at radius 2 is 2.40 bits per heavy atom. The van der Waals surface area contributed by atoms with E-state index >= 15 is 0 Å². The number of amides is 1. The van der Waals surface area contributed by atoms with Gasteiger partial charge in [0.25, 0.3) is 0 Å². The van der Waals surface area contributed by atoms with Crippen LogP contribution in [-0.4, -0.2) is 37.1 Å². The first-order chi connectivity index (χ1) is 4.92. The number of carbonyl (C=O) groups is 1. The molecule has 0 aliphatic carbocycles. The molecule has 3 nitrogen and oxygen atoms in total. The Labute approximate surface area is 60.0 Å². The van der Waals surface area contributed by atoms with Gasteiger partial charge in [-0.2, -0.15) is 0 Å². The molecule has 2 aliphatic heterocycles. The molecule has 2 aliphatic rings. The highest BCUT2D eigenvalue weighted by molar-refractivity contribution is 5.48. The van der Waals surface area contributed by atoms with Crippen LogP contribution in [-0.2, 0) is 9.53 Å². The van der Waals surface area contributed by atoms with Gasteiger partial charge in [0, 0.05) is 12.5 Å². The Bertz CT molecular complexity index is 149. The zero-order valence-electron chi connectivity index (χ0n) is 5.82. The second-order valence-electron chi connectivity index (χ2n) is 3.00. The van der Waals surface area contributed by atoms with Crippen LogP contribution in [0, 0.1) is 5.92 Å². The summed E-state index contributed by atoms with van der Waals surface area (Å²) in [6, 6.07) is 0.400. The van der Waals surface area contributed by atoms with Crippen molar-refractivity contribution >= 4 is 6.41 Å². The smallest absolute Gasteiger partial charge is 0.210 e. The van der Waals surface area contributed by atoms with Gasteiger partial charge in [-0.1, -0.05) is 0 Å². The quantitative estimate of drug-likeness (QED) is 0.476. The average Bonchev–Trinajstić information content (AvgIpc) is 2.44. The third-order valence-electron chi connectivity index (χ3n) is 2.48. The maximum Gasteiger partial charge on any atom is 0.210 e. The summed E-state index contributed by atoms with van der Waals surface area (Å²) in [6.45, 7) is 2.54. The molecule has 0 aromatic heterocycles. The number of rotatable bonds is 1. The molecule has 3 heteroatoms. The summed E-state index contributed by atoms with van der Waals surface area (Å²) in [5.41, 5.74) is 0. The van der Waals surface area contributed by atoms with Crippen molar-refractivity contribution in [3.05, 3.63) is 0 Å². The van der Waals surface area contributed by atoms with E-state index in [-0.39, 0.29) is 0 Å². The molecule has 0 saturated carbocycles. The van der Waals surface area contributed by atoms with Crippen LogP contribution in [0.25, 0.3) is 0 Å². The van der Waals surface area contributed by atoms with Crippen molar-refractivity contribution in [2.75, 3.05) is 19.8 Å². The first kappa shape index (κ1) is 6.16. The summed E-state index contributed by atoms with van der Waals surface area (Å²) >= 11 is 0. The summed E-state index contributed by atoms with van der Waals surface area (Å²) < 4.78 is 5.24. The van der Waals surface area contributed by atoms with Crippen LogP contribution in [0.3, 0.4) is 0 Å². The number of likely N-dealkylation sites (tertiary alicyclic amines) is 1. The molecular weight excluding hydrogens is 130 g/mol. The molecule has 1 amide bonds. The fourth-order valence-electron chi connectivity index (χ4n) is 1.84. The van der Waals surface area contributed by atoms with E-state index in [0.717, 1.165) is 32.6 Å². The Hall–Kier alpha value is -0.570. The van der Waals surface area contributed by atoms with Crippen molar-refractivity contribution in [2.24, 2.45) is 5.92 Å². The highest BCUT2D eigenvalue weighted by atomic mass is 16.5. The van der Waals surface area contributed by atoms with E-state index in [4.69, 9.17) is 4.74 Å². The van der Waals surface area contributed by atoms with E-state index in [2.05, 4.69) is 0 Å². The van der Waals surface area contributed by atoms with Gasteiger partial charge in [0.1, 0.15) is 0 Å². The normalized spacial score (nSPS) is 38.2. The second-order valence-corrected chi connectivity index (χ2v) is 3.00. The molecule has 2 fully saturated rings. The summed E-state index contributed by atoms with van der Waals surface area (Å²) in [5, 5.41) is 0. The van der Waals surface area contributed by atoms with Gasteiger partial charge in [-0.05, 0) is 6.42 Å². The highest BCUT2D eigenvalue weighted by Gasteiger charge is 2.37. The molecule has 2 heterocycles. The first-order valence-corrected chi connectivity index (χ1v) is 3.70. The standard InChI is InChI=1S/C7H11NO2/c9-5-8-2-1-6-3-10-4-7(6)8/h5-7H,1-4H2. The van der Waals surface area contributed by atoms with E-state index in [9.17, 15) is 4.79 Å². The summed E-state index contributed by atoms with van der Waals surface area (Å²) in [5.74, 6) is 0.630. The predicted molar refractivity (Wildman–Crippen MR) is 35.5 cm³/mol. The fourth-order valence-corrected chi connectivity index (χ4v) is 1.84. The van der Waals surface area contributed by atoms with Gasteiger partial charge in [-0.25, -0.2) is 0 Å². The number of carbonyl (C=O) groups excluding carboxylic acids is 1. The van der Waals surface area contributed by atoms with Crippen LogP contribution in [0.15, 0.2) is 0 Å². The van der Waals surface area contributed by atoms with Crippen LogP contribution in [0.5, 0.6) is 0 Å². The molecule has 0 bridgehead atoms. The molecular formula is C7H11NO2. The Morgan fingerprint density at radius 1 is 1.50 bits per heavy atom. The molecule has 0 aromatic carbocycles. The first-order valence-electron chi connectivity index (χ1n) is 3.70. The average molecular weight is 141 g/mol. The Balaban J connectivity index is 2.07. The zero-order valence-corrected chi connectivity index (χ0v) is 5.82. The lowest BCUT2D eigenvalue weighted by atomic mass is 10.1. The van der Waals surface area contributed by atoms with Crippen molar-refractivity contribution in [1.82, 2.24) is 4.90 Å². The molecule has 0 spiro atoms. The van der Waals surface area contributed by atoms with E-state index in [1.165, 1.54) is 0 Å². The van der Waals surface area contributed by atoms with Crippen LogP contribution < -0.4 is 0 Å². The van der Waals surface area contributed by atoms with Crippen LogP contribution >= 0.6 is 0 Å². The van der Waals surface area contributed by atoms with Gasteiger partial charge < -0.3 is 9.64 Å². The monoisotopic (exact) mass is 141 g/mol. The maximum absolute atomic E-state index is 10.4. The van der Waals surface area contributed by atoms with Crippen molar-refractivity contribution in [3.8, 4) is 0 Å². The largest absolute Gasteiger partial charge is 0.379 e. The van der Waals surface area contributed by atoms with Crippen molar-refractivity contribution < 1.29 is 9.53 Å². The molecule has 56 valence electrons. The van der Waals surface area contributed by atoms with E-state index in [1.54, 1.807) is 0 Å². The minimum absolute atomic E-state index is 0.400. The van der Waals surface area contributed by atoms with E-state index < -0.39 is 0 Å². The van der Waals surface area contributed by atoms with Gasteiger partial charge in [-0.15, -0.1) is 0 Å². The second kappa shape index (κ2) is 2.23. The van der Waals surface area contributed by atoms with Crippen molar-refractivity contribution in [3.63, 3.8) is 0 Å². The number of ether oxygens (including phenoxy) is 1. The van der Waals surface area contributed by atoms with Gasteiger partial charge in [0.05, 0.1) is 19.3 Å². The Morgan fingerprint density at radius 3 is 3.20 bits per heavy atom. The maximum atomic E-state index is 10.4. The van der Waals surface area contributed by atoms with E-state index in [1.807, 2.05) is 4.90 Å². The minimum atomic E-state index is 0.400. The topological polar surface area (TPSA) is 29.5 Å². The van der Waals surface area contributed by atoms with Crippen molar-refractivity contribution in [1.29, 1.82) is 0 Å². The lowest BCUT2D eigenvalue weighted by molar-refractivity contribution is -0.119. The third kappa shape index (κ3) is 0.736. The lowest BCUT2D eigenvalue weighted by Gasteiger charge is -2.15. The highest BCUT2D eigenvalue weighted by Crippen LogP contribution is 2.27. The van der Waals surface area contributed by atoms with Gasteiger partial charge in [0.15, 0.2) is 0 Å². The SMILES string of the molecule is O=CN1CCC2COCC21. The molecule has 2 rings (SSSR count). The molecule has 0 aromatic rings. The molecule has 10 heavy (non-hydrogen) atoms. The molecule has 2 saturated heterocycles. The third-order valence-corrected chi connectivity index (χ3v) is 2.48. The zero-order chi connectivity index (χ0) is 6.97. The molecule has 0 N–H and O–H groups in total. The minimum Gasteiger partial charge on any atom is -0.379 e.